The lowest BCUT2D eigenvalue weighted by Gasteiger charge is -2.24. The second kappa shape index (κ2) is 7.74. The molecule has 1 fully saturated rings. The second-order valence-corrected chi connectivity index (χ2v) is 6.53. The Morgan fingerprint density at radius 1 is 1.24 bits per heavy atom. The molecule has 3 rings (SSSR count). The van der Waals surface area contributed by atoms with Gasteiger partial charge in [-0.05, 0) is 38.3 Å². The summed E-state index contributed by atoms with van der Waals surface area (Å²) in [7, 11) is 0. The molecule has 0 aromatic heterocycles. The Labute approximate surface area is 147 Å². The lowest BCUT2D eigenvalue weighted by Crippen LogP contribution is -2.41. The molecule has 0 spiro atoms. The molecule has 0 saturated heterocycles. The first-order valence-electron chi connectivity index (χ1n) is 8.80. The number of fused-ring (bicyclic) bond motifs is 1. The van der Waals surface area contributed by atoms with Crippen LogP contribution in [0.2, 0.25) is 0 Å². The summed E-state index contributed by atoms with van der Waals surface area (Å²) in [4.78, 5) is 26.5. The lowest BCUT2D eigenvalue weighted by atomic mass is 10.1. The van der Waals surface area contributed by atoms with Crippen LogP contribution < -0.4 is 20.5 Å². The van der Waals surface area contributed by atoms with Crippen molar-refractivity contribution in [2.75, 3.05) is 31.6 Å². The van der Waals surface area contributed by atoms with Gasteiger partial charge in [-0.2, -0.15) is 0 Å². The van der Waals surface area contributed by atoms with Crippen LogP contribution in [0.1, 0.15) is 26.2 Å². The maximum absolute atomic E-state index is 12.6. The molecule has 1 saturated carbocycles. The Morgan fingerprint density at radius 3 is 2.68 bits per heavy atom. The van der Waals surface area contributed by atoms with E-state index in [-0.39, 0.29) is 30.3 Å². The van der Waals surface area contributed by atoms with E-state index in [9.17, 15) is 9.59 Å². The normalized spacial score (nSPS) is 21.7. The van der Waals surface area contributed by atoms with Crippen molar-refractivity contribution in [2.45, 2.75) is 32.2 Å². The zero-order valence-corrected chi connectivity index (χ0v) is 14.5. The van der Waals surface area contributed by atoms with Gasteiger partial charge in [-0.1, -0.05) is 0 Å². The molecular formula is C18H25N3O4. The average Bonchev–Trinajstić information content (AvgIpc) is 3.05. The Morgan fingerprint density at radius 2 is 2.00 bits per heavy atom. The molecule has 0 bridgehead atoms. The van der Waals surface area contributed by atoms with Crippen molar-refractivity contribution in [1.82, 2.24) is 4.90 Å². The van der Waals surface area contributed by atoms with E-state index in [2.05, 4.69) is 5.32 Å². The van der Waals surface area contributed by atoms with Crippen LogP contribution in [0.25, 0.3) is 0 Å². The Balaban J connectivity index is 1.58. The van der Waals surface area contributed by atoms with Crippen LogP contribution >= 0.6 is 0 Å². The third-order valence-electron chi connectivity index (χ3n) is 4.68. The minimum absolute atomic E-state index is 0.0211. The number of carbonyl (C=O) groups excluding carboxylic acids is 2. The minimum Gasteiger partial charge on any atom is -0.486 e. The van der Waals surface area contributed by atoms with Crippen LogP contribution in [0.4, 0.5) is 5.69 Å². The van der Waals surface area contributed by atoms with Crippen molar-refractivity contribution in [2.24, 2.45) is 11.7 Å². The summed E-state index contributed by atoms with van der Waals surface area (Å²) in [6.45, 7) is 3.43. The molecule has 1 aromatic rings. The topological polar surface area (TPSA) is 93.9 Å². The second-order valence-electron chi connectivity index (χ2n) is 6.53. The molecule has 1 heterocycles. The van der Waals surface area contributed by atoms with Gasteiger partial charge in [0.15, 0.2) is 11.5 Å². The van der Waals surface area contributed by atoms with E-state index in [4.69, 9.17) is 15.2 Å². The summed E-state index contributed by atoms with van der Waals surface area (Å²) >= 11 is 0. The van der Waals surface area contributed by atoms with Gasteiger partial charge in [0.05, 0.1) is 6.54 Å². The molecule has 2 amide bonds. The Hall–Kier alpha value is -2.28. The fourth-order valence-electron chi connectivity index (χ4n) is 3.34. The molecule has 1 aromatic carbocycles. The van der Waals surface area contributed by atoms with Crippen LogP contribution in [0.15, 0.2) is 18.2 Å². The Bertz CT molecular complexity index is 649. The number of ether oxygens (including phenoxy) is 2. The number of nitrogens with two attached hydrogens (primary N) is 1. The molecule has 7 heteroatoms. The maximum atomic E-state index is 12.6. The van der Waals surface area contributed by atoms with E-state index in [1.165, 1.54) is 0 Å². The highest BCUT2D eigenvalue weighted by atomic mass is 16.6. The molecule has 2 aliphatic rings. The van der Waals surface area contributed by atoms with Crippen molar-refractivity contribution >= 4 is 17.5 Å². The molecule has 136 valence electrons. The van der Waals surface area contributed by atoms with Gasteiger partial charge in [0.2, 0.25) is 11.8 Å². The van der Waals surface area contributed by atoms with E-state index in [1.807, 2.05) is 6.92 Å². The number of benzene rings is 1. The monoisotopic (exact) mass is 347 g/mol. The van der Waals surface area contributed by atoms with E-state index < -0.39 is 0 Å². The van der Waals surface area contributed by atoms with E-state index in [1.54, 1.807) is 23.1 Å². The average molecular weight is 347 g/mol. The van der Waals surface area contributed by atoms with E-state index >= 15 is 0 Å². The predicted molar refractivity (Wildman–Crippen MR) is 93.6 cm³/mol. The van der Waals surface area contributed by atoms with Gasteiger partial charge in [0.25, 0.3) is 0 Å². The summed E-state index contributed by atoms with van der Waals surface area (Å²) in [5.41, 5.74) is 6.52. The first kappa shape index (κ1) is 17.5. The molecular weight excluding hydrogens is 322 g/mol. The molecule has 7 nitrogen and oxygen atoms in total. The third-order valence-corrected chi connectivity index (χ3v) is 4.68. The fourth-order valence-corrected chi connectivity index (χ4v) is 3.34. The number of amides is 2. The standard InChI is InChI=1S/C18H25N3O4/c1-2-21(18(23)12-3-4-13(19)9-12)11-17(22)20-14-5-6-15-16(10-14)25-8-7-24-15/h5-6,10,12-13H,2-4,7-9,11,19H2,1H3,(H,20,22). The molecule has 1 aliphatic carbocycles. The van der Waals surface area contributed by atoms with Crippen LogP contribution in [0.3, 0.4) is 0 Å². The summed E-state index contributed by atoms with van der Waals surface area (Å²) < 4.78 is 11.0. The molecule has 0 radical (unpaired) electrons. The van der Waals surface area contributed by atoms with Crippen molar-refractivity contribution in [3.05, 3.63) is 18.2 Å². The van der Waals surface area contributed by atoms with Crippen LogP contribution in [-0.4, -0.2) is 49.1 Å². The number of anilines is 1. The maximum Gasteiger partial charge on any atom is 0.243 e. The van der Waals surface area contributed by atoms with Crippen LogP contribution in [-0.2, 0) is 9.59 Å². The number of nitrogens with zero attached hydrogens (tertiary/aromatic N) is 1. The highest BCUT2D eigenvalue weighted by Gasteiger charge is 2.31. The van der Waals surface area contributed by atoms with Crippen LogP contribution in [0, 0.1) is 5.92 Å². The van der Waals surface area contributed by atoms with Gasteiger partial charge in [0, 0.05) is 30.3 Å². The molecule has 2 atom stereocenters. The summed E-state index contributed by atoms with van der Waals surface area (Å²) in [5, 5.41) is 2.82. The number of carbonyl (C=O) groups is 2. The number of nitrogens with one attached hydrogen (secondary N) is 1. The van der Waals surface area contributed by atoms with Crippen molar-refractivity contribution in [3.63, 3.8) is 0 Å². The van der Waals surface area contributed by atoms with Crippen LogP contribution in [0.5, 0.6) is 11.5 Å². The van der Waals surface area contributed by atoms with Gasteiger partial charge in [0.1, 0.15) is 13.2 Å². The number of rotatable bonds is 5. The SMILES string of the molecule is CCN(CC(=O)Nc1ccc2c(c1)OCCO2)C(=O)C1CCC(N)C1. The van der Waals surface area contributed by atoms with Gasteiger partial charge < -0.3 is 25.4 Å². The lowest BCUT2D eigenvalue weighted by molar-refractivity contribution is -0.138. The number of hydrogen-bond donors (Lipinski definition) is 2. The highest BCUT2D eigenvalue weighted by molar-refractivity contribution is 5.95. The van der Waals surface area contributed by atoms with Gasteiger partial charge in [-0.3, -0.25) is 9.59 Å². The first-order valence-corrected chi connectivity index (χ1v) is 8.80. The van der Waals surface area contributed by atoms with Gasteiger partial charge in [-0.25, -0.2) is 0 Å². The quantitative estimate of drug-likeness (QED) is 0.839. The molecule has 25 heavy (non-hydrogen) atoms. The summed E-state index contributed by atoms with van der Waals surface area (Å²) in [6, 6.07) is 5.37. The summed E-state index contributed by atoms with van der Waals surface area (Å²) in [6.07, 6.45) is 2.39. The number of hydrogen-bond acceptors (Lipinski definition) is 5. The van der Waals surface area contributed by atoms with Crippen molar-refractivity contribution in [1.29, 1.82) is 0 Å². The van der Waals surface area contributed by atoms with Crippen molar-refractivity contribution < 1.29 is 19.1 Å². The van der Waals surface area contributed by atoms with Gasteiger partial charge in [-0.15, -0.1) is 0 Å². The predicted octanol–water partition coefficient (Wildman–Crippen LogP) is 1.37. The first-order chi connectivity index (χ1) is 12.1. The zero-order chi connectivity index (χ0) is 17.8. The minimum atomic E-state index is -0.228. The van der Waals surface area contributed by atoms with Crippen molar-refractivity contribution in [3.8, 4) is 11.5 Å². The largest absolute Gasteiger partial charge is 0.486 e. The van der Waals surface area contributed by atoms with Gasteiger partial charge >= 0.3 is 0 Å². The molecule has 3 N–H and O–H groups in total. The molecule has 1 aliphatic heterocycles. The number of likely N-dealkylation sites (N-methyl/N-ethyl adjacent to an activating group) is 1. The Kier molecular flexibility index (Phi) is 5.43. The zero-order valence-electron chi connectivity index (χ0n) is 14.5. The smallest absolute Gasteiger partial charge is 0.243 e. The van der Waals surface area contributed by atoms with E-state index in [0.29, 0.717) is 43.4 Å². The van der Waals surface area contributed by atoms with E-state index in [0.717, 1.165) is 12.8 Å². The third kappa shape index (κ3) is 4.22. The molecule has 2 unspecified atom stereocenters. The summed E-state index contributed by atoms with van der Waals surface area (Å²) in [5.74, 6) is 1.03. The highest BCUT2D eigenvalue weighted by Crippen LogP contribution is 2.32. The fraction of sp³-hybridized carbons (Fsp3) is 0.556.